The highest BCUT2D eigenvalue weighted by Gasteiger charge is 2.16. The van der Waals surface area contributed by atoms with Crippen LogP contribution in [0.4, 0.5) is 10.2 Å². The van der Waals surface area contributed by atoms with Crippen molar-refractivity contribution in [1.29, 1.82) is 0 Å². The topological polar surface area (TPSA) is 67.7 Å². The number of hydrogen-bond donors (Lipinski definition) is 0. The van der Waals surface area contributed by atoms with E-state index < -0.39 is 11.8 Å². The van der Waals surface area contributed by atoms with Gasteiger partial charge in [-0.05, 0) is 18.2 Å². The van der Waals surface area contributed by atoms with Crippen LogP contribution in [0.2, 0.25) is 10.0 Å². The first-order valence-corrected chi connectivity index (χ1v) is 7.03. The summed E-state index contributed by atoms with van der Waals surface area (Å²) >= 11 is 11.7. The van der Waals surface area contributed by atoms with Gasteiger partial charge < -0.3 is 9.64 Å². The number of hydrogen-bond acceptors (Lipinski definition) is 5. The Labute approximate surface area is 141 Å². The summed E-state index contributed by atoms with van der Waals surface area (Å²) in [6.07, 6.45) is 2.22. The molecule has 0 saturated heterocycles. The third-order valence-corrected chi connectivity index (χ3v) is 3.00. The predicted octanol–water partition coefficient (Wildman–Crippen LogP) is 3.36. The van der Waals surface area contributed by atoms with Gasteiger partial charge in [-0.15, -0.1) is 0 Å². The van der Waals surface area contributed by atoms with Gasteiger partial charge >= 0.3 is 12.0 Å². The number of carbonyl (C=O) groups is 1. The fourth-order valence-corrected chi connectivity index (χ4v) is 1.93. The highest BCUT2D eigenvalue weighted by Crippen LogP contribution is 2.23. The minimum Gasteiger partial charge on any atom is -0.387 e. The number of benzene rings is 1. The molecule has 6 nitrogen and oxygen atoms in total. The Morgan fingerprint density at radius 1 is 1.39 bits per heavy atom. The van der Waals surface area contributed by atoms with Crippen LogP contribution in [-0.2, 0) is 0 Å². The average molecular weight is 357 g/mol. The summed E-state index contributed by atoms with van der Waals surface area (Å²) in [7, 11) is 3.43. The Morgan fingerprint density at radius 2 is 2.13 bits per heavy atom. The van der Waals surface area contributed by atoms with Gasteiger partial charge in [-0.2, -0.15) is 4.98 Å². The van der Waals surface area contributed by atoms with E-state index in [4.69, 9.17) is 27.9 Å². The summed E-state index contributed by atoms with van der Waals surface area (Å²) in [6.45, 7) is 0. The first-order valence-electron chi connectivity index (χ1n) is 6.27. The summed E-state index contributed by atoms with van der Waals surface area (Å²) in [6, 6.07) is 3.95. The van der Waals surface area contributed by atoms with E-state index in [2.05, 4.69) is 15.0 Å². The molecule has 120 valence electrons. The van der Waals surface area contributed by atoms with Crippen molar-refractivity contribution in [2.45, 2.75) is 0 Å². The number of carbonyl (C=O) groups excluding carboxylic acids is 1. The van der Waals surface area contributed by atoms with E-state index in [0.717, 1.165) is 6.20 Å². The summed E-state index contributed by atoms with van der Waals surface area (Å²) in [4.78, 5) is 24.8. The van der Waals surface area contributed by atoms with Crippen LogP contribution >= 0.6 is 23.2 Å². The zero-order valence-electron chi connectivity index (χ0n) is 12.1. The molecule has 0 spiro atoms. The van der Waals surface area contributed by atoms with Crippen LogP contribution < -0.4 is 4.74 Å². The van der Waals surface area contributed by atoms with Crippen LogP contribution in [0.5, 0.6) is 6.01 Å². The van der Waals surface area contributed by atoms with Gasteiger partial charge in [-0.25, -0.2) is 19.2 Å². The Hall–Kier alpha value is -2.25. The van der Waals surface area contributed by atoms with Crippen LogP contribution in [0.15, 0.2) is 29.4 Å². The molecule has 0 aliphatic rings. The third-order valence-electron chi connectivity index (χ3n) is 2.45. The van der Waals surface area contributed by atoms with Crippen LogP contribution in [0, 0.1) is 5.82 Å². The predicted molar refractivity (Wildman–Crippen MR) is 85.2 cm³/mol. The van der Waals surface area contributed by atoms with Crippen LogP contribution in [-0.4, -0.2) is 41.3 Å². The first kappa shape index (κ1) is 17.1. The third kappa shape index (κ3) is 4.61. The molecule has 0 aliphatic heterocycles. The highest BCUT2D eigenvalue weighted by atomic mass is 35.5. The zero-order chi connectivity index (χ0) is 17.0. The summed E-state index contributed by atoms with van der Waals surface area (Å²) in [5.74, 6) is -1.79. The fourth-order valence-electron chi connectivity index (χ4n) is 1.45. The molecular formula is C14H11Cl2FN4O2. The average Bonchev–Trinajstić information content (AvgIpc) is 2.47. The molecule has 23 heavy (non-hydrogen) atoms. The van der Waals surface area contributed by atoms with E-state index in [1.54, 1.807) is 19.0 Å². The van der Waals surface area contributed by atoms with E-state index >= 15 is 0 Å². The molecule has 0 fully saturated rings. The van der Waals surface area contributed by atoms with E-state index in [-0.39, 0.29) is 22.4 Å². The maximum Gasteiger partial charge on any atom is 0.347 e. The molecule has 0 amide bonds. The van der Waals surface area contributed by atoms with Gasteiger partial charge in [-0.1, -0.05) is 23.2 Å². The van der Waals surface area contributed by atoms with Crippen molar-refractivity contribution >= 4 is 41.3 Å². The highest BCUT2D eigenvalue weighted by molar-refractivity contribution is 6.36. The Balaban J connectivity index is 2.22. The molecule has 2 aromatic rings. The lowest BCUT2D eigenvalue weighted by molar-refractivity contribution is 0.0719. The summed E-state index contributed by atoms with van der Waals surface area (Å²) in [5, 5.41) is 0.500. The van der Waals surface area contributed by atoms with E-state index in [1.165, 1.54) is 24.5 Å². The van der Waals surface area contributed by atoms with Crippen molar-refractivity contribution in [2.24, 2.45) is 4.99 Å². The molecule has 1 aromatic carbocycles. The molecule has 1 heterocycles. The molecule has 1 aromatic heterocycles. The lowest BCUT2D eigenvalue weighted by Gasteiger charge is -2.06. The number of ether oxygens (including phenoxy) is 1. The van der Waals surface area contributed by atoms with Crippen LogP contribution in [0.1, 0.15) is 10.4 Å². The van der Waals surface area contributed by atoms with Crippen molar-refractivity contribution in [3.63, 3.8) is 0 Å². The number of rotatable bonds is 4. The maximum atomic E-state index is 13.6. The number of esters is 1. The first-order chi connectivity index (χ1) is 10.9. The van der Waals surface area contributed by atoms with Gasteiger partial charge in [-0.3, -0.25) is 0 Å². The Kier molecular flexibility index (Phi) is 5.46. The Morgan fingerprint density at radius 3 is 2.78 bits per heavy atom. The molecule has 0 bridgehead atoms. The summed E-state index contributed by atoms with van der Waals surface area (Å²) in [5.41, 5.74) is 0.0855. The Bertz CT molecular complexity index is 768. The van der Waals surface area contributed by atoms with Gasteiger partial charge in [0.1, 0.15) is 0 Å². The lowest BCUT2D eigenvalue weighted by atomic mass is 10.2. The smallest absolute Gasteiger partial charge is 0.347 e. The minimum absolute atomic E-state index is 0.0855. The monoisotopic (exact) mass is 356 g/mol. The molecular weight excluding hydrogens is 346 g/mol. The van der Waals surface area contributed by atoms with Gasteiger partial charge in [0.25, 0.3) is 0 Å². The second-order valence-corrected chi connectivity index (χ2v) is 5.39. The van der Waals surface area contributed by atoms with Crippen molar-refractivity contribution in [3.05, 3.63) is 45.8 Å². The molecule has 9 heteroatoms. The normalized spacial score (nSPS) is 10.8. The van der Waals surface area contributed by atoms with Crippen molar-refractivity contribution in [2.75, 3.05) is 14.1 Å². The van der Waals surface area contributed by atoms with Crippen LogP contribution in [0.25, 0.3) is 0 Å². The molecule has 0 atom stereocenters. The minimum atomic E-state index is -0.791. The lowest BCUT2D eigenvalue weighted by Crippen LogP contribution is -2.11. The van der Waals surface area contributed by atoms with Gasteiger partial charge in [0.15, 0.2) is 11.6 Å². The van der Waals surface area contributed by atoms with Gasteiger partial charge in [0.2, 0.25) is 0 Å². The molecule has 0 unspecified atom stereocenters. The molecule has 0 aliphatic carbocycles. The zero-order valence-corrected chi connectivity index (χ0v) is 13.6. The van der Waals surface area contributed by atoms with Crippen molar-refractivity contribution in [3.8, 4) is 6.01 Å². The SMILES string of the molecule is CN(C)/C=N/c1nc(OC(=O)c2ccc(Cl)cc2Cl)ncc1F. The number of halogens is 3. The summed E-state index contributed by atoms with van der Waals surface area (Å²) < 4.78 is 18.5. The van der Waals surface area contributed by atoms with Crippen molar-refractivity contribution in [1.82, 2.24) is 14.9 Å². The fraction of sp³-hybridized carbons (Fsp3) is 0.143. The number of nitrogens with zero attached hydrogens (tertiary/aromatic N) is 4. The molecule has 0 N–H and O–H groups in total. The molecule has 0 radical (unpaired) electrons. The van der Waals surface area contributed by atoms with E-state index in [0.29, 0.717) is 5.02 Å². The van der Waals surface area contributed by atoms with Crippen molar-refractivity contribution < 1.29 is 13.9 Å². The van der Waals surface area contributed by atoms with Crippen LogP contribution in [0.3, 0.4) is 0 Å². The molecule has 2 rings (SSSR count). The molecule has 0 saturated carbocycles. The maximum absolute atomic E-state index is 13.6. The quantitative estimate of drug-likeness (QED) is 0.477. The van der Waals surface area contributed by atoms with Gasteiger partial charge in [0, 0.05) is 19.1 Å². The second-order valence-electron chi connectivity index (χ2n) is 4.55. The van der Waals surface area contributed by atoms with Gasteiger partial charge in [0.05, 0.1) is 23.1 Å². The standard InChI is InChI=1S/C14H11Cl2FN4O2/c1-21(2)7-19-12-11(17)6-18-14(20-12)23-13(22)9-4-3-8(15)5-10(9)16/h3-7H,1-2H3/b19-7+. The number of aliphatic imine (C=N–C) groups is 1. The second kappa shape index (κ2) is 7.34. The largest absolute Gasteiger partial charge is 0.387 e. The van der Waals surface area contributed by atoms with E-state index in [9.17, 15) is 9.18 Å². The number of aromatic nitrogens is 2. The van der Waals surface area contributed by atoms with E-state index in [1.807, 2.05) is 0 Å².